The van der Waals surface area contributed by atoms with E-state index in [9.17, 15) is 0 Å². The second kappa shape index (κ2) is 6.66. The summed E-state index contributed by atoms with van der Waals surface area (Å²) in [5, 5.41) is 8.85. The van der Waals surface area contributed by atoms with Crippen molar-refractivity contribution >= 4 is 5.70 Å². The molecule has 1 aromatic heterocycles. The second-order valence-corrected chi connectivity index (χ2v) is 6.16. The van der Waals surface area contributed by atoms with E-state index < -0.39 is 0 Å². The summed E-state index contributed by atoms with van der Waals surface area (Å²) >= 11 is 0. The Balaban J connectivity index is 1.62. The monoisotopic (exact) mass is 303 g/mol. The number of hydrogen-bond donors (Lipinski definition) is 0. The number of benzene rings is 1. The number of hydrogen-bond acceptors (Lipinski definition) is 3. The fourth-order valence-corrected chi connectivity index (χ4v) is 3.09. The largest absolute Gasteiger partial charge is 0.371 e. The van der Waals surface area contributed by atoms with E-state index in [4.69, 9.17) is 5.26 Å². The molecule has 0 bridgehead atoms. The van der Waals surface area contributed by atoms with Crippen molar-refractivity contribution in [3.05, 3.63) is 71.6 Å². The molecule has 1 aliphatic heterocycles. The highest BCUT2D eigenvalue weighted by atomic mass is 15.1. The summed E-state index contributed by atoms with van der Waals surface area (Å²) in [5.74, 6) is 0.477. The molecule has 3 nitrogen and oxygen atoms in total. The Kier molecular flexibility index (Phi) is 4.43. The molecule has 116 valence electrons. The van der Waals surface area contributed by atoms with Crippen molar-refractivity contribution in [1.29, 1.82) is 5.26 Å². The van der Waals surface area contributed by atoms with E-state index in [1.165, 1.54) is 11.1 Å². The van der Waals surface area contributed by atoms with Crippen LogP contribution in [0.1, 0.15) is 41.1 Å². The lowest BCUT2D eigenvalue weighted by atomic mass is 9.92. The van der Waals surface area contributed by atoms with Gasteiger partial charge in [-0.2, -0.15) is 5.26 Å². The van der Waals surface area contributed by atoms with E-state index in [1.54, 1.807) is 6.20 Å². The van der Waals surface area contributed by atoms with Crippen molar-refractivity contribution in [2.45, 2.75) is 25.7 Å². The van der Waals surface area contributed by atoms with Crippen LogP contribution >= 0.6 is 0 Å². The SMILES string of the molecule is C=C(c1ccc(C)cc1)N1CCC(c2ccc(C#N)cn2)CC1. The van der Waals surface area contributed by atoms with Crippen molar-refractivity contribution in [1.82, 2.24) is 9.88 Å². The molecule has 0 unspecified atom stereocenters. The van der Waals surface area contributed by atoms with E-state index >= 15 is 0 Å². The van der Waals surface area contributed by atoms with Gasteiger partial charge >= 0.3 is 0 Å². The van der Waals surface area contributed by atoms with Gasteiger partial charge in [-0.3, -0.25) is 4.98 Å². The number of nitrogens with zero attached hydrogens (tertiary/aromatic N) is 3. The average Bonchev–Trinajstić information content (AvgIpc) is 2.62. The molecule has 1 saturated heterocycles. The molecule has 0 atom stereocenters. The van der Waals surface area contributed by atoms with Gasteiger partial charge in [0.1, 0.15) is 6.07 Å². The molecule has 0 aliphatic carbocycles. The van der Waals surface area contributed by atoms with Gasteiger partial charge in [0.15, 0.2) is 0 Å². The van der Waals surface area contributed by atoms with Gasteiger partial charge in [-0.15, -0.1) is 0 Å². The van der Waals surface area contributed by atoms with E-state index in [-0.39, 0.29) is 0 Å². The first-order valence-electron chi connectivity index (χ1n) is 8.04. The Bertz CT molecular complexity index is 715. The molecule has 23 heavy (non-hydrogen) atoms. The van der Waals surface area contributed by atoms with E-state index in [0.717, 1.165) is 37.3 Å². The zero-order valence-electron chi connectivity index (χ0n) is 13.5. The third kappa shape index (κ3) is 3.43. The summed E-state index contributed by atoms with van der Waals surface area (Å²) in [6, 6.07) is 14.5. The highest BCUT2D eigenvalue weighted by molar-refractivity contribution is 5.62. The van der Waals surface area contributed by atoms with Gasteiger partial charge in [0.25, 0.3) is 0 Å². The molecular formula is C20H21N3. The van der Waals surface area contributed by atoms with Gasteiger partial charge in [-0.1, -0.05) is 36.4 Å². The maximum Gasteiger partial charge on any atom is 0.101 e. The summed E-state index contributed by atoms with van der Waals surface area (Å²) in [5.41, 5.74) is 5.30. The molecule has 1 fully saturated rings. The lowest BCUT2D eigenvalue weighted by molar-refractivity contribution is 0.296. The molecule has 0 amide bonds. The summed E-state index contributed by atoms with van der Waals surface area (Å²) in [4.78, 5) is 6.81. The van der Waals surface area contributed by atoms with Gasteiger partial charge < -0.3 is 4.90 Å². The van der Waals surface area contributed by atoms with Crippen LogP contribution in [0.15, 0.2) is 49.2 Å². The zero-order valence-corrected chi connectivity index (χ0v) is 13.5. The van der Waals surface area contributed by atoms with Crippen LogP contribution in [0, 0.1) is 18.3 Å². The molecule has 2 aromatic rings. The number of aromatic nitrogens is 1. The summed E-state index contributed by atoms with van der Waals surface area (Å²) < 4.78 is 0. The molecule has 3 rings (SSSR count). The smallest absolute Gasteiger partial charge is 0.101 e. The van der Waals surface area contributed by atoms with Gasteiger partial charge in [-0.25, -0.2) is 0 Å². The van der Waals surface area contributed by atoms with Gasteiger partial charge in [0, 0.05) is 36.6 Å². The molecule has 0 saturated carbocycles. The molecule has 1 aromatic carbocycles. The van der Waals surface area contributed by atoms with Gasteiger partial charge in [0.2, 0.25) is 0 Å². The van der Waals surface area contributed by atoms with Gasteiger partial charge in [-0.05, 0) is 37.5 Å². The van der Waals surface area contributed by atoms with Crippen LogP contribution in [0.25, 0.3) is 5.70 Å². The van der Waals surface area contributed by atoms with Crippen LogP contribution in [0.2, 0.25) is 0 Å². The Morgan fingerprint density at radius 3 is 2.43 bits per heavy atom. The minimum Gasteiger partial charge on any atom is -0.371 e. The first-order chi connectivity index (χ1) is 11.2. The number of piperidine rings is 1. The predicted octanol–water partition coefficient (Wildman–Crippen LogP) is 4.11. The molecular weight excluding hydrogens is 282 g/mol. The average molecular weight is 303 g/mol. The highest BCUT2D eigenvalue weighted by Crippen LogP contribution is 2.30. The number of likely N-dealkylation sites (tertiary alicyclic amines) is 1. The number of aryl methyl sites for hydroxylation is 1. The predicted molar refractivity (Wildman–Crippen MR) is 92.7 cm³/mol. The molecule has 0 N–H and O–H groups in total. The fraction of sp³-hybridized carbons (Fsp3) is 0.300. The maximum atomic E-state index is 8.85. The van der Waals surface area contributed by atoms with Crippen molar-refractivity contribution in [2.75, 3.05) is 13.1 Å². The molecule has 2 heterocycles. The number of pyridine rings is 1. The Morgan fingerprint density at radius 2 is 1.87 bits per heavy atom. The van der Waals surface area contributed by atoms with Crippen molar-refractivity contribution in [3.63, 3.8) is 0 Å². The van der Waals surface area contributed by atoms with Gasteiger partial charge in [0.05, 0.1) is 5.56 Å². The Morgan fingerprint density at radius 1 is 1.17 bits per heavy atom. The molecule has 3 heteroatoms. The van der Waals surface area contributed by atoms with Crippen LogP contribution < -0.4 is 0 Å². The highest BCUT2D eigenvalue weighted by Gasteiger charge is 2.22. The van der Waals surface area contributed by atoms with Crippen LogP contribution in [0.3, 0.4) is 0 Å². The molecule has 1 aliphatic rings. The third-order valence-electron chi connectivity index (χ3n) is 4.60. The first kappa shape index (κ1) is 15.3. The summed E-state index contributed by atoms with van der Waals surface area (Å²) in [7, 11) is 0. The second-order valence-electron chi connectivity index (χ2n) is 6.16. The zero-order chi connectivity index (χ0) is 16.2. The van der Waals surface area contributed by atoms with Crippen LogP contribution in [-0.2, 0) is 0 Å². The topological polar surface area (TPSA) is 39.9 Å². The van der Waals surface area contributed by atoms with Crippen molar-refractivity contribution in [3.8, 4) is 6.07 Å². The molecule has 0 radical (unpaired) electrons. The van der Waals surface area contributed by atoms with E-state index in [2.05, 4.69) is 53.7 Å². The minimum atomic E-state index is 0.477. The van der Waals surface area contributed by atoms with E-state index in [0.29, 0.717) is 11.5 Å². The standard InChI is InChI=1S/C20H21N3/c1-15-3-6-18(7-4-15)16(2)23-11-9-19(10-12-23)20-8-5-17(13-21)14-22-20/h3-8,14,19H,2,9-12H2,1H3. The third-order valence-corrected chi connectivity index (χ3v) is 4.60. The van der Waals surface area contributed by atoms with Crippen LogP contribution in [0.4, 0.5) is 0 Å². The number of rotatable bonds is 3. The lowest BCUT2D eigenvalue weighted by Crippen LogP contribution is -2.31. The summed E-state index contributed by atoms with van der Waals surface area (Å²) in [6.45, 7) is 8.37. The first-order valence-corrected chi connectivity index (χ1v) is 8.04. The quantitative estimate of drug-likeness (QED) is 0.856. The van der Waals surface area contributed by atoms with Crippen molar-refractivity contribution < 1.29 is 0 Å². The van der Waals surface area contributed by atoms with Crippen molar-refractivity contribution in [2.24, 2.45) is 0 Å². The fourth-order valence-electron chi connectivity index (χ4n) is 3.09. The minimum absolute atomic E-state index is 0.477. The molecule has 0 spiro atoms. The lowest BCUT2D eigenvalue weighted by Gasteiger charge is -2.34. The maximum absolute atomic E-state index is 8.85. The Labute approximate surface area is 137 Å². The number of nitriles is 1. The normalized spacial score (nSPS) is 15.2. The van der Waals surface area contributed by atoms with E-state index in [1.807, 2.05) is 12.1 Å². The van der Waals surface area contributed by atoms with Crippen LogP contribution in [0.5, 0.6) is 0 Å². The summed E-state index contributed by atoms with van der Waals surface area (Å²) in [6.07, 6.45) is 3.82. The Hall–Kier alpha value is -2.60. The van der Waals surface area contributed by atoms with Crippen LogP contribution in [-0.4, -0.2) is 23.0 Å².